The summed E-state index contributed by atoms with van der Waals surface area (Å²) in [6, 6.07) is -0.00616. The van der Waals surface area contributed by atoms with E-state index in [0.717, 1.165) is 5.56 Å². The van der Waals surface area contributed by atoms with Crippen LogP contribution in [0, 0.1) is 0 Å². The average Bonchev–Trinajstić information content (AvgIpc) is 2.51. The molecule has 1 aromatic heterocycles. The molecular formula is C8H13N3OS. The number of thiol groups is 1. The average molecular weight is 199 g/mol. The molecule has 1 atom stereocenters. The van der Waals surface area contributed by atoms with E-state index in [9.17, 15) is 4.79 Å². The second-order valence-electron chi connectivity index (χ2n) is 2.89. The summed E-state index contributed by atoms with van der Waals surface area (Å²) in [5.41, 5.74) is 0.998. The summed E-state index contributed by atoms with van der Waals surface area (Å²) < 4.78 is 1.71. The first-order chi connectivity index (χ1) is 6.13. The Bertz CT molecular complexity index is 297. The maximum atomic E-state index is 11.0. The third-order valence-corrected chi connectivity index (χ3v) is 2.03. The number of nitrogens with one attached hydrogen (secondary N) is 1. The van der Waals surface area contributed by atoms with Crippen LogP contribution in [0.4, 0.5) is 0 Å². The van der Waals surface area contributed by atoms with Crippen molar-refractivity contribution in [2.24, 2.45) is 7.05 Å². The van der Waals surface area contributed by atoms with Gasteiger partial charge in [-0.15, -0.1) is 0 Å². The van der Waals surface area contributed by atoms with Gasteiger partial charge in [-0.25, -0.2) is 0 Å². The first-order valence-corrected chi connectivity index (χ1v) is 4.65. The molecule has 1 unspecified atom stereocenters. The van der Waals surface area contributed by atoms with Crippen LogP contribution in [-0.4, -0.2) is 21.4 Å². The molecule has 0 aliphatic carbocycles. The molecule has 0 aliphatic heterocycles. The van der Waals surface area contributed by atoms with Crippen LogP contribution < -0.4 is 5.32 Å². The SMILES string of the molecule is CC(NC(=O)CS)c1cnn(C)c1. The van der Waals surface area contributed by atoms with Crippen molar-refractivity contribution in [3.8, 4) is 0 Å². The first-order valence-electron chi connectivity index (χ1n) is 4.02. The summed E-state index contributed by atoms with van der Waals surface area (Å²) in [5, 5.41) is 6.81. The second kappa shape index (κ2) is 4.32. The lowest BCUT2D eigenvalue weighted by Gasteiger charge is -2.10. The summed E-state index contributed by atoms with van der Waals surface area (Å²) in [7, 11) is 1.84. The molecule has 0 aliphatic rings. The summed E-state index contributed by atoms with van der Waals surface area (Å²) in [6.45, 7) is 1.92. The predicted molar refractivity (Wildman–Crippen MR) is 53.6 cm³/mol. The molecule has 1 heterocycles. The van der Waals surface area contributed by atoms with E-state index < -0.39 is 0 Å². The van der Waals surface area contributed by atoms with Crippen molar-refractivity contribution in [1.82, 2.24) is 15.1 Å². The van der Waals surface area contributed by atoms with Gasteiger partial charge in [0.05, 0.1) is 18.0 Å². The third-order valence-electron chi connectivity index (χ3n) is 1.75. The van der Waals surface area contributed by atoms with Gasteiger partial charge in [-0.05, 0) is 6.92 Å². The van der Waals surface area contributed by atoms with Crippen molar-refractivity contribution < 1.29 is 4.79 Å². The van der Waals surface area contributed by atoms with Crippen LogP contribution in [0.5, 0.6) is 0 Å². The molecule has 4 nitrogen and oxygen atoms in total. The summed E-state index contributed by atoms with van der Waals surface area (Å²) in [6.07, 6.45) is 3.62. The zero-order chi connectivity index (χ0) is 9.84. The van der Waals surface area contributed by atoms with Crippen molar-refractivity contribution in [3.63, 3.8) is 0 Å². The summed E-state index contributed by atoms with van der Waals surface area (Å²) in [5.74, 6) is 0.143. The number of hydrogen-bond donors (Lipinski definition) is 2. The molecule has 5 heteroatoms. The van der Waals surface area contributed by atoms with Crippen molar-refractivity contribution in [2.45, 2.75) is 13.0 Å². The number of amides is 1. The van der Waals surface area contributed by atoms with Crippen LogP contribution >= 0.6 is 12.6 Å². The molecule has 72 valence electrons. The fourth-order valence-corrected chi connectivity index (χ4v) is 1.13. The van der Waals surface area contributed by atoms with E-state index in [1.54, 1.807) is 10.9 Å². The Balaban J connectivity index is 2.58. The van der Waals surface area contributed by atoms with Gasteiger partial charge in [0, 0.05) is 18.8 Å². The number of carbonyl (C=O) groups is 1. The van der Waals surface area contributed by atoms with Crippen LogP contribution in [0.25, 0.3) is 0 Å². The van der Waals surface area contributed by atoms with Crippen LogP contribution in [0.3, 0.4) is 0 Å². The zero-order valence-corrected chi connectivity index (χ0v) is 8.58. The fourth-order valence-electron chi connectivity index (χ4n) is 1.03. The number of aromatic nitrogens is 2. The van der Waals surface area contributed by atoms with Crippen LogP contribution in [0.2, 0.25) is 0 Å². The molecule has 13 heavy (non-hydrogen) atoms. The number of aryl methyl sites for hydroxylation is 1. The molecule has 0 radical (unpaired) electrons. The van der Waals surface area contributed by atoms with Crippen molar-refractivity contribution in [3.05, 3.63) is 18.0 Å². The van der Waals surface area contributed by atoms with Gasteiger partial charge >= 0.3 is 0 Å². The van der Waals surface area contributed by atoms with Crippen LogP contribution in [0.15, 0.2) is 12.4 Å². The Labute approximate surface area is 82.7 Å². The molecule has 0 aromatic carbocycles. The largest absolute Gasteiger partial charge is 0.349 e. The zero-order valence-electron chi connectivity index (χ0n) is 7.69. The van der Waals surface area contributed by atoms with Crippen molar-refractivity contribution >= 4 is 18.5 Å². The Morgan fingerprint density at radius 3 is 3.00 bits per heavy atom. The van der Waals surface area contributed by atoms with E-state index in [0.29, 0.717) is 0 Å². The standard InChI is InChI=1S/C8H13N3OS/c1-6(10-8(12)5-13)7-3-9-11(2)4-7/h3-4,6,13H,5H2,1-2H3,(H,10,12). The molecule has 1 rings (SSSR count). The summed E-state index contributed by atoms with van der Waals surface area (Å²) >= 11 is 3.87. The highest BCUT2D eigenvalue weighted by Crippen LogP contribution is 2.09. The molecule has 0 saturated carbocycles. The number of carbonyl (C=O) groups excluding carboxylic acids is 1. The van der Waals surface area contributed by atoms with Crippen LogP contribution in [-0.2, 0) is 11.8 Å². The van der Waals surface area contributed by atoms with Gasteiger partial charge in [-0.2, -0.15) is 17.7 Å². The molecule has 1 N–H and O–H groups in total. The van der Waals surface area contributed by atoms with Crippen molar-refractivity contribution in [1.29, 1.82) is 0 Å². The number of rotatable bonds is 3. The Morgan fingerprint density at radius 2 is 2.54 bits per heavy atom. The normalized spacial score (nSPS) is 12.5. The van der Waals surface area contributed by atoms with Crippen molar-refractivity contribution in [2.75, 3.05) is 5.75 Å². The van der Waals surface area contributed by atoms with E-state index in [-0.39, 0.29) is 17.7 Å². The quantitative estimate of drug-likeness (QED) is 0.697. The van der Waals surface area contributed by atoms with E-state index in [1.165, 1.54) is 0 Å². The summed E-state index contributed by atoms with van der Waals surface area (Å²) in [4.78, 5) is 11.0. The Hall–Kier alpha value is -0.970. The topological polar surface area (TPSA) is 46.9 Å². The van der Waals surface area contributed by atoms with Gasteiger partial charge in [-0.1, -0.05) is 0 Å². The lowest BCUT2D eigenvalue weighted by molar-refractivity contribution is -0.119. The first kappa shape index (κ1) is 10.1. The number of nitrogens with zero attached hydrogens (tertiary/aromatic N) is 2. The highest BCUT2D eigenvalue weighted by atomic mass is 32.1. The molecule has 0 bridgehead atoms. The minimum atomic E-state index is -0.0697. The minimum absolute atomic E-state index is 0.00616. The number of hydrogen-bond acceptors (Lipinski definition) is 3. The van der Waals surface area contributed by atoms with E-state index in [4.69, 9.17) is 0 Å². The Morgan fingerprint density at radius 1 is 1.85 bits per heavy atom. The van der Waals surface area contributed by atoms with Gasteiger partial charge < -0.3 is 5.32 Å². The van der Waals surface area contributed by atoms with Gasteiger partial charge in [-0.3, -0.25) is 9.48 Å². The van der Waals surface area contributed by atoms with E-state index in [1.807, 2.05) is 20.2 Å². The molecular weight excluding hydrogens is 186 g/mol. The third kappa shape index (κ3) is 2.77. The molecule has 1 amide bonds. The van der Waals surface area contributed by atoms with E-state index in [2.05, 4.69) is 23.0 Å². The molecule has 0 saturated heterocycles. The van der Waals surface area contributed by atoms with Gasteiger partial charge in [0.1, 0.15) is 0 Å². The van der Waals surface area contributed by atoms with Crippen LogP contribution in [0.1, 0.15) is 18.5 Å². The molecule has 0 spiro atoms. The molecule has 0 fully saturated rings. The highest BCUT2D eigenvalue weighted by Gasteiger charge is 2.09. The van der Waals surface area contributed by atoms with E-state index >= 15 is 0 Å². The minimum Gasteiger partial charge on any atom is -0.349 e. The van der Waals surface area contributed by atoms with Gasteiger partial charge in [0.2, 0.25) is 5.91 Å². The fraction of sp³-hybridized carbons (Fsp3) is 0.500. The highest BCUT2D eigenvalue weighted by molar-refractivity contribution is 7.81. The second-order valence-corrected chi connectivity index (χ2v) is 3.21. The maximum Gasteiger partial charge on any atom is 0.230 e. The smallest absolute Gasteiger partial charge is 0.230 e. The van der Waals surface area contributed by atoms with Gasteiger partial charge in [0.25, 0.3) is 0 Å². The maximum absolute atomic E-state index is 11.0. The molecule has 1 aromatic rings. The Kier molecular flexibility index (Phi) is 3.36. The predicted octanol–water partition coefficient (Wildman–Crippen LogP) is 0.527. The monoisotopic (exact) mass is 199 g/mol. The lowest BCUT2D eigenvalue weighted by atomic mass is 10.2. The lowest BCUT2D eigenvalue weighted by Crippen LogP contribution is -2.27. The van der Waals surface area contributed by atoms with Gasteiger partial charge in [0.15, 0.2) is 0 Å².